The standard InChI is InChI=1S/C22H26F3NO4/c1-2-28-21(27)7-5-3-4-6-14-29-20-13-10-17(15-19(20)26)16-8-11-18(12-9-16)30-22(23,24)25/h8-13,15H,2-7,14,26H2,1H3. The van der Waals surface area contributed by atoms with Crippen LogP contribution in [0, 0.1) is 0 Å². The molecule has 2 aromatic carbocycles. The van der Waals surface area contributed by atoms with Crippen LogP contribution in [0.5, 0.6) is 11.5 Å². The molecule has 2 rings (SSSR count). The molecule has 0 atom stereocenters. The third-order valence-electron chi connectivity index (χ3n) is 4.27. The fraction of sp³-hybridized carbons (Fsp3) is 0.409. The highest BCUT2D eigenvalue weighted by Gasteiger charge is 2.30. The Morgan fingerprint density at radius 1 is 0.967 bits per heavy atom. The average Bonchev–Trinajstić information content (AvgIpc) is 2.68. The van der Waals surface area contributed by atoms with Gasteiger partial charge in [-0.15, -0.1) is 13.2 Å². The minimum Gasteiger partial charge on any atom is -0.491 e. The number of carbonyl (C=O) groups is 1. The smallest absolute Gasteiger partial charge is 0.491 e. The molecule has 0 heterocycles. The van der Waals surface area contributed by atoms with E-state index in [1.807, 2.05) is 0 Å². The van der Waals surface area contributed by atoms with E-state index in [2.05, 4.69) is 4.74 Å². The number of esters is 1. The molecule has 0 aliphatic rings. The Bertz CT molecular complexity index is 807. The van der Waals surface area contributed by atoms with Gasteiger partial charge in [-0.2, -0.15) is 0 Å². The number of nitrogens with two attached hydrogens (primary N) is 1. The molecule has 0 amide bonds. The normalized spacial score (nSPS) is 11.2. The van der Waals surface area contributed by atoms with Gasteiger partial charge in [0.2, 0.25) is 0 Å². The summed E-state index contributed by atoms with van der Waals surface area (Å²) < 4.78 is 51.2. The van der Waals surface area contributed by atoms with Gasteiger partial charge in [0.25, 0.3) is 0 Å². The molecule has 8 heteroatoms. The molecule has 0 bridgehead atoms. The molecule has 30 heavy (non-hydrogen) atoms. The van der Waals surface area contributed by atoms with E-state index in [4.69, 9.17) is 15.2 Å². The van der Waals surface area contributed by atoms with Crippen LogP contribution in [0.3, 0.4) is 0 Å². The molecule has 0 fully saturated rings. The van der Waals surface area contributed by atoms with E-state index in [9.17, 15) is 18.0 Å². The van der Waals surface area contributed by atoms with Gasteiger partial charge in [0.1, 0.15) is 11.5 Å². The molecule has 0 aromatic heterocycles. The predicted octanol–water partition coefficient (Wildman–Crippen LogP) is 5.73. The molecule has 164 valence electrons. The lowest BCUT2D eigenvalue weighted by Gasteiger charge is -2.12. The van der Waals surface area contributed by atoms with Gasteiger partial charge >= 0.3 is 12.3 Å². The van der Waals surface area contributed by atoms with Crippen LogP contribution in [0.25, 0.3) is 11.1 Å². The number of ether oxygens (including phenoxy) is 3. The molecule has 0 aliphatic carbocycles. The first-order chi connectivity index (χ1) is 14.3. The highest BCUT2D eigenvalue weighted by atomic mass is 19.4. The van der Waals surface area contributed by atoms with E-state index >= 15 is 0 Å². The number of hydrogen-bond donors (Lipinski definition) is 1. The van der Waals surface area contributed by atoms with Crippen LogP contribution in [0.2, 0.25) is 0 Å². The first-order valence-corrected chi connectivity index (χ1v) is 9.82. The SMILES string of the molecule is CCOC(=O)CCCCCCOc1ccc(-c2ccc(OC(F)(F)F)cc2)cc1N. The van der Waals surface area contributed by atoms with Crippen LogP contribution in [0.15, 0.2) is 42.5 Å². The second kappa shape index (κ2) is 11.3. The number of carbonyl (C=O) groups excluding carboxylic acids is 1. The maximum atomic E-state index is 12.2. The van der Waals surface area contributed by atoms with Gasteiger partial charge in [0.15, 0.2) is 0 Å². The number of halogens is 3. The summed E-state index contributed by atoms with van der Waals surface area (Å²) in [7, 11) is 0. The van der Waals surface area contributed by atoms with E-state index in [0.29, 0.717) is 36.6 Å². The maximum Gasteiger partial charge on any atom is 0.573 e. The van der Waals surface area contributed by atoms with Crippen LogP contribution in [-0.4, -0.2) is 25.5 Å². The first-order valence-electron chi connectivity index (χ1n) is 9.82. The Balaban J connectivity index is 1.78. The number of nitrogen functional groups attached to an aromatic ring is 1. The summed E-state index contributed by atoms with van der Waals surface area (Å²) in [5.41, 5.74) is 7.97. The second-order valence-corrected chi connectivity index (χ2v) is 6.64. The number of anilines is 1. The third kappa shape index (κ3) is 8.23. The van der Waals surface area contributed by atoms with Crippen molar-refractivity contribution in [1.82, 2.24) is 0 Å². The topological polar surface area (TPSA) is 70.8 Å². The summed E-state index contributed by atoms with van der Waals surface area (Å²) in [5, 5.41) is 0. The van der Waals surface area contributed by atoms with Crippen molar-refractivity contribution in [1.29, 1.82) is 0 Å². The molecule has 2 N–H and O–H groups in total. The molecule has 2 aromatic rings. The van der Waals surface area contributed by atoms with Crippen molar-refractivity contribution in [3.63, 3.8) is 0 Å². The van der Waals surface area contributed by atoms with E-state index in [0.717, 1.165) is 31.2 Å². The van der Waals surface area contributed by atoms with Crippen molar-refractivity contribution in [3.05, 3.63) is 42.5 Å². The van der Waals surface area contributed by atoms with Crippen molar-refractivity contribution in [3.8, 4) is 22.6 Å². The lowest BCUT2D eigenvalue weighted by molar-refractivity contribution is -0.274. The summed E-state index contributed by atoms with van der Waals surface area (Å²) in [6, 6.07) is 10.8. The van der Waals surface area contributed by atoms with Crippen LogP contribution < -0.4 is 15.2 Å². The summed E-state index contributed by atoms with van der Waals surface area (Å²) >= 11 is 0. The Kier molecular flexibility index (Phi) is 8.83. The Morgan fingerprint density at radius 3 is 2.27 bits per heavy atom. The maximum absolute atomic E-state index is 12.2. The van der Waals surface area contributed by atoms with Gasteiger partial charge in [-0.1, -0.05) is 31.0 Å². The first kappa shape index (κ1) is 23.4. The largest absolute Gasteiger partial charge is 0.573 e. The number of alkyl halides is 3. The number of unbranched alkanes of at least 4 members (excludes halogenated alkanes) is 3. The van der Waals surface area contributed by atoms with Gasteiger partial charge < -0.3 is 19.9 Å². The molecule has 0 radical (unpaired) electrons. The number of benzene rings is 2. The van der Waals surface area contributed by atoms with Crippen molar-refractivity contribution in [2.75, 3.05) is 18.9 Å². The third-order valence-corrected chi connectivity index (χ3v) is 4.27. The van der Waals surface area contributed by atoms with Crippen LogP contribution in [0.4, 0.5) is 18.9 Å². The quantitative estimate of drug-likeness (QED) is 0.283. The predicted molar refractivity (Wildman–Crippen MR) is 108 cm³/mol. The minimum atomic E-state index is -4.72. The van der Waals surface area contributed by atoms with Crippen LogP contribution in [-0.2, 0) is 9.53 Å². The number of rotatable bonds is 11. The summed E-state index contributed by atoms with van der Waals surface area (Å²) in [6.07, 6.45) is -0.792. The summed E-state index contributed by atoms with van der Waals surface area (Å²) in [4.78, 5) is 11.2. The fourth-order valence-electron chi connectivity index (χ4n) is 2.85. The zero-order valence-electron chi connectivity index (χ0n) is 16.8. The molecule has 0 saturated carbocycles. The van der Waals surface area contributed by atoms with E-state index in [1.54, 1.807) is 25.1 Å². The molecular formula is C22H26F3NO4. The van der Waals surface area contributed by atoms with Crippen molar-refractivity contribution >= 4 is 11.7 Å². The van der Waals surface area contributed by atoms with Crippen molar-refractivity contribution in [2.45, 2.75) is 45.4 Å². The highest BCUT2D eigenvalue weighted by molar-refractivity contribution is 5.71. The van der Waals surface area contributed by atoms with Gasteiger partial charge in [0.05, 0.1) is 18.9 Å². The Hall–Kier alpha value is -2.90. The van der Waals surface area contributed by atoms with Crippen LogP contribution >= 0.6 is 0 Å². The molecule has 0 spiro atoms. The fourth-order valence-corrected chi connectivity index (χ4v) is 2.85. The molecule has 0 aliphatic heterocycles. The van der Waals surface area contributed by atoms with Gasteiger partial charge in [-0.05, 0) is 55.2 Å². The number of hydrogen-bond acceptors (Lipinski definition) is 5. The summed E-state index contributed by atoms with van der Waals surface area (Å²) in [6.45, 7) is 2.70. The Morgan fingerprint density at radius 2 is 1.63 bits per heavy atom. The zero-order chi connectivity index (χ0) is 22.0. The lowest BCUT2D eigenvalue weighted by Crippen LogP contribution is -2.16. The zero-order valence-corrected chi connectivity index (χ0v) is 16.8. The molecule has 5 nitrogen and oxygen atoms in total. The van der Waals surface area contributed by atoms with E-state index in [-0.39, 0.29) is 11.7 Å². The van der Waals surface area contributed by atoms with E-state index in [1.165, 1.54) is 24.3 Å². The molecule has 0 unspecified atom stereocenters. The van der Waals surface area contributed by atoms with E-state index < -0.39 is 6.36 Å². The lowest BCUT2D eigenvalue weighted by atomic mass is 10.0. The monoisotopic (exact) mass is 425 g/mol. The second-order valence-electron chi connectivity index (χ2n) is 6.64. The average molecular weight is 425 g/mol. The van der Waals surface area contributed by atoms with Crippen LogP contribution in [0.1, 0.15) is 39.0 Å². The molecular weight excluding hydrogens is 399 g/mol. The highest BCUT2D eigenvalue weighted by Crippen LogP contribution is 2.31. The van der Waals surface area contributed by atoms with Crippen molar-refractivity contribution < 1.29 is 32.2 Å². The van der Waals surface area contributed by atoms with Gasteiger partial charge in [-0.3, -0.25) is 4.79 Å². The summed E-state index contributed by atoms with van der Waals surface area (Å²) in [5.74, 6) is 0.118. The van der Waals surface area contributed by atoms with Crippen molar-refractivity contribution in [2.24, 2.45) is 0 Å². The molecule has 0 saturated heterocycles. The Labute approximate surface area is 173 Å². The minimum absolute atomic E-state index is 0.163. The van der Waals surface area contributed by atoms with Gasteiger partial charge in [-0.25, -0.2) is 0 Å². The van der Waals surface area contributed by atoms with Gasteiger partial charge in [0, 0.05) is 6.42 Å².